The number of benzene rings is 3. The second-order valence-corrected chi connectivity index (χ2v) is 9.81. The van der Waals surface area contributed by atoms with Gasteiger partial charge in [0.2, 0.25) is 10.0 Å². The number of hydrogen-bond acceptors (Lipinski definition) is 7. The summed E-state index contributed by atoms with van der Waals surface area (Å²) in [6.45, 7) is -0.654. The molecule has 0 aliphatic rings. The van der Waals surface area contributed by atoms with E-state index in [0.29, 0.717) is 16.9 Å². The highest BCUT2D eigenvalue weighted by atomic mass is 32.2. The van der Waals surface area contributed by atoms with Gasteiger partial charge >= 0.3 is 5.97 Å². The van der Waals surface area contributed by atoms with Crippen molar-refractivity contribution in [2.45, 2.75) is 0 Å². The molecule has 1 aromatic heterocycles. The summed E-state index contributed by atoms with van der Waals surface area (Å²) in [5.41, 5.74) is 1.98. The van der Waals surface area contributed by atoms with Gasteiger partial charge in [0.05, 0.1) is 32.2 Å². The monoisotopic (exact) mass is 514 g/mol. The molecule has 11 heteroatoms. The lowest BCUT2D eigenvalue weighted by atomic mass is 10.0. The highest BCUT2D eigenvalue weighted by Crippen LogP contribution is 2.41. The van der Waals surface area contributed by atoms with E-state index in [2.05, 4.69) is 5.32 Å². The van der Waals surface area contributed by atoms with E-state index in [-0.39, 0.29) is 46.1 Å². The zero-order chi connectivity index (χ0) is 26.0. The summed E-state index contributed by atoms with van der Waals surface area (Å²) in [6, 6.07) is 15.4. The molecule has 0 radical (unpaired) electrons. The first-order chi connectivity index (χ1) is 17.1. The van der Waals surface area contributed by atoms with Crippen LogP contribution in [0.1, 0.15) is 10.4 Å². The Morgan fingerprint density at radius 2 is 1.69 bits per heavy atom. The van der Waals surface area contributed by atoms with Crippen molar-refractivity contribution in [2.75, 3.05) is 36.1 Å². The summed E-state index contributed by atoms with van der Waals surface area (Å²) in [4.78, 5) is 12.2. The molecule has 0 atom stereocenters. The van der Waals surface area contributed by atoms with Crippen molar-refractivity contribution in [3.8, 4) is 17.1 Å². The number of aliphatic hydroxyl groups is 1. The lowest BCUT2D eigenvalue weighted by Gasteiger charge is -2.23. The molecular formula is C25H23FN2O7S. The molecule has 0 saturated heterocycles. The van der Waals surface area contributed by atoms with Crippen LogP contribution < -0.4 is 14.4 Å². The number of halogens is 1. The normalized spacial score (nSPS) is 11.4. The highest BCUT2D eigenvalue weighted by Gasteiger charge is 2.27. The number of fused-ring (bicyclic) bond motifs is 1. The van der Waals surface area contributed by atoms with Gasteiger partial charge in [0.25, 0.3) is 0 Å². The smallest absolute Gasteiger partial charge is 0.340 e. The van der Waals surface area contributed by atoms with Gasteiger partial charge in [-0.3, -0.25) is 4.31 Å². The van der Waals surface area contributed by atoms with E-state index in [1.807, 2.05) is 0 Å². The first-order valence-electron chi connectivity index (χ1n) is 10.7. The first-order valence-corrected chi connectivity index (χ1v) is 12.6. The zero-order valence-corrected chi connectivity index (χ0v) is 20.2. The predicted molar refractivity (Wildman–Crippen MR) is 134 cm³/mol. The van der Waals surface area contributed by atoms with Gasteiger partial charge in [-0.2, -0.15) is 0 Å². The summed E-state index contributed by atoms with van der Waals surface area (Å²) >= 11 is 0. The summed E-state index contributed by atoms with van der Waals surface area (Å²) in [5, 5.41) is 22.7. The van der Waals surface area contributed by atoms with Gasteiger partial charge in [0, 0.05) is 28.4 Å². The Balaban J connectivity index is 1.79. The van der Waals surface area contributed by atoms with Crippen LogP contribution in [-0.2, 0) is 10.0 Å². The van der Waals surface area contributed by atoms with Crippen LogP contribution in [0.4, 0.5) is 21.5 Å². The maximum Gasteiger partial charge on any atom is 0.340 e. The number of methoxy groups -OCH3 is 1. The maximum absolute atomic E-state index is 13.1. The van der Waals surface area contributed by atoms with E-state index in [0.717, 1.165) is 10.6 Å². The lowest BCUT2D eigenvalue weighted by molar-refractivity contribution is 0.0699. The summed E-state index contributed by atoms with van der Waals surface area (Å²) in [7, 11) is -2.45. The van der Waals surface area contributed by atoms with Crippen molar-refractivity contribution in [1.29, 1.82) is 0 Å². The molecule has 1 heterocycles. The third-order valence-electron chi connectivity index (χ3n) is 5.46. The second kappa shape index (κ2) is 9.88. The van der Waals surface area contributed by atoms with Gasteiger partial charge in [-0.25, -0.2) is 17.6 Å². The SMILES string of the molecule is COc1cc2c(C(=O)O)c(-c3ccc(Nc4ccc(F)cc4)cc3)oc2cc1N(CCO)S(C)(=O)=O. The van der Waals surface area contributed by atoms with Crippen LogP contribution in [0.2, 0.25) is 0 Å². The fourth-order valence-electron chi connectivity index (χ4n) is 3.85. The number of ether oxygens (including phenoxy) is 1. The van der Waals surface area contributed by atoms with Crippen LogP contribution in [-0.4, -0.2) is 51.1 Å². The Morgan fingerprint density at radius 1 is 1.08 bits per heavy atom. The van der Waals surface area contributed by atoms with Crippen molar-refractivity contribution in [2.24, 2.45) is 0 Å². The molecule has 9 nitrogen and oxygen atoms in total. The van der Waals surface area contributed by atoms with Crippen LogP contribution in [0.5, 0.6) is 5.75 Å². The largest absolute Gasteiger partial charge is 0.495 e. The number of aromatic carboxylic acids is 1. The predicted octanol–water partition coefficient (Wildman–Crippen LogP) is 4.45. The van der Waals surface area contributed by atoms with Gasteiger partial charge in [-0.05, 0) is 54.6 Å². The molecule has 36 heavy (non-hydrogen) atoms. The fourth-order valence-corrected chi connectivity index (χ4v) is 4.76. The zero-order valence-electron chi connectivity index (χ0n) is 19.4. The minimum Gasteiger partial charge on any atom is -0.495 e. The molecule has 0 fully saturated rings. The topological polar surface area (TPSA) is 129 Å². The van der Waals surface area contributed by atoms with Crippen molar-refractivity contribution >= 4 is 44.0 Å². The first kappa shape index (κ1) is 25.0. The third kappa shape index (κ3) is 4.97. The Kier molecular flexibility index (Phi) is 6.86. The van der Waals surface area contributed by atoms with E-state index in [4.69, 9.17) is 9.15 Å². The highest BCUT2D eigenvalue weighted by molar-refractivity contribution is 7.92. The summed E-state index contributed by atoms with van der Waals surface area (Å²) in [5.74, 6) is -1.40. The molecule has 3 aromatic carbocycles. The quantitative estimate of drug-likeness (QED) is 0.299. The number of carboxylic acid groups (broad SMARTS) is 1. The van der Waals surface area contributed by atoms with Gasteiger partial charge in [-0.1, -0.05) is 0 Å². The van der Waals surface area contributed by atoms with Crippen molar-refractivity contribution in [1.82, 2.24) is 0 Å². The van der Waals surface area contributed by atoms with E-state index in [1.165, 1.54) is 31.4 Å². The van der Waals surface area contributed by atoms with Crippen LogP contribution in [0.25, 0.3) is 22.3 Å². The number of sulfonamides is 1. The lowest BCUT2D eigenvalue weighted by Crippen LogP contribution is -2.32. The number of aliphatic hydroxyl groups excluding tert-OH is 1. The van der Waals surface area contributed by atoms with E-state index < -0.39 is 22.6 Å². The van der Waals surface area contributed by atoms with E-state index >= 15 is 0 Å². The molecule has 0 bridgehead atoms. The maximum atomic E-state index is 13.1. The number of nitrogens with zero attached hydrogens (tertiary/aromatic N) is 1. The minimum absolute atomic E-state index is 0.0816. The number of nitrogens with one attached hydrogen (secondary N) is 1. The molecule has 0 amide bonds. The molecule has 0 unspecified atom stereocenters. The molecule has 0 saturated carbocycles. The van der Waals surface area contributed by atoms with Crippen LogP contribution in [0, 0.1) is 5.82 Å². The van der Waals surface area contributed by atoms with Crippen LogP contribution >= 0.6 is 0 Å². The minimum atomic E-state index is -3.78. The van der Waals surface area contributed by atoms with Gasteiger partial charge < -0.3 is 24.7 Å². The third-order valence-corrected chi connectivity index (χ3v) is 6.64. The van der Waals surface area contributed by atoms with Crippen LogP contribution in [0.15, 0.2) is 65.1 Å². The second-order valence-electron chi connectivity index (χ2n) is 7.90. The van der Waals surface area contributed by atoms with Crippen molar-refractivity contribution in [3.05, 3.63) is 72.0 Å². The Hall–Kier alpha value is -4.09. The molecule has 4 rings (SSSR count). The number of carboxylic acids is 1. The summed E-state index contributed by atoms with van der Waals surface area (Å²) < 4.78 is 50.0. The number of furan rings is 1. The van der Waals surface area contributed by atoms with E-state index in [9.17, 15) is 27.8 Å². The molecule has 4 aromatic rings. The molecule has 0 aliphatic carbocycles. The van der Waals surface area contributed by atoms with Crippen LogP contribution in [0.3, 0.4) is 0 Å². The van der Waals surface area contributed by atoms with Gasteiger partial charge in [0.1, 0.15) is 28.5 Å². The molecule has 3 N–H and O–H groups in total. The average Bonchev–Trinajstić information content (AvgIpc) is 3.21. The van der Waals surface area contributed by atoms with Crippen molar-refractivity contribution in [3.63, 3.8) is 0 Å². The Labute approximate surface area is 206 Å². The number of carbonyl (C=O) groups is 1. The van der Waals surface area contributed by atoms with E-state index in [1.54, 1.807) is 36.4 Å². The summed E-state index contributed by atoms with van der Waals surface area (Å²) in [6.07, 6.45) is 0.990. The van der Waals surface area contributed by atoms with Gasteiger partial charge in [0.15, 0.2) is 0 Å². The molecule has 0 aliphatic heterocycles. The van der Waals surface area contributed by atoms with Gasteiger partial charge in [-0.15, -0.1) is 0 Å². The molecule has 188 valence electrons. The Morgan fingerprint density at radius 3 is 2.22 bits per heavy atom. The number of hydrogen-bond donors (Lipinski definition) is 3. The number of anilines is 3. The van der Waals surface area contributed by atoms with Crippen molar-refractivity contribution < 1.29 is 37.0 Å². The molecule has 0 spiro atoms. The average molecular weight is 515 g/mol. The number of rotatable bonds is 9. The fraction of sp³-hybridized carbons (Fsp3) is 0.160. The molecular weight excluding hydrogens is 491 g/mol. The standard InChI is InChI=1S/C25H23FN2O7S/c1-34-22-13-19-21(14-20(22)28(11-12-29)36(2,32)33)35-24(23(19)25(30)31)15-3-7-17(8-4-15)27-18-9-5-16(26)6-10-18/h3-10,13-14,27,29H,11-12H2,1-2H3,(H,30,31). The Bertz CT molecular complexity index is 1520.